The van der Waals surface area contributed by atoms with Crippen LogP contribution in [0.1, 0.15) is 221 Å². The maximum Gasteiger partial charge on any atom is 0.420 e. The summed E-state index contributed by atoms with van der Waals surface area (Å²) >= 11 is 5.60. The number of hydrogen-bond acceptors (Lipinski definition) is 26. The number of nitrogens with one attached hydrogen (secondary N) is 2. The van der Waals surface area contributed by atoms with E-state index in [0.29, 0.717) is 76.0 Å². The fraction of sp³-hybridized carbons (Fsp3) is 0.505. The van der Waals surface area contributed by atoms with Gasteiger partial charge in [0.05, 0.1) is 35.3 Å². The van der Waals surface area contributed by atoms with Crippen LogP contribution in [0.15, 0.2) is 141 Å². The first-order chi connectivity index (χ1) is 68.5. The van der Waals surface area contributed by atoms with Crippen molar-refractivity contribution in [2.45, 2.75) is 251 Å². The Balaban J connectivity index is 0.000000175. The van der Waals surface area contributed by atoms with Crippen molar-refractivity contribution in [1.82, 2.24) is 75.4 Å². The lowest BCUT2D eigenvalue weighted by molar-refractivity contribution is -0.139. The van der Waals surface area contributed by atoms with Gasteiger partial charge < -0.3 is 71.6 Å². The Kier molecular flexibility index (Phi) is 32.5. The molecule has 6 aromatic carbocycles. The Labute approximate surface area is 848 Å². The Bertz CT molecular complexity index is 6310. The van der Waals surface area contributed by atoms with Crippen molar-refractivity contribution in [2.24, 2.45) is 5.41 Å². The molecule has 792 valence electrons. The highest BCUT2D eigenvalue weighted by molar-refractivity contribution is 6.16. The third-order valence-corrected chi connectivity index (χ3v) is 25.4. The molecule has 3 aromatic heterocycles. The summed E-state index contributed by atoms with van der Waals surface area (Å²) in [5, 5.41) is 16.4. The number of likely N-dealkylation sites (tertiary alicyclic amines) is 3. The van der Waals surface area contributed by atoms with E-state index in [4.69, 9.17) is 58.3 Å². The number of urea groups is 2. The van der Waals surface area contributed by atoms with Crippen molar-refractivity contribution >= 4 is 65.6 Å². The minimum absolute atomic E-state index is 0.00182. The highest BCUT2D eigenvalue weighted by Gasteiger charge is 2.60. The summed E-state index contributed by atoms with van der Waals surface area (Å²) in [7, 11) is 0. The number of rotatable bonds is 17. The van der Waals surface area contributed by atoms with Gasteiger partial charge in [-0.05, 0) is 190 Å². The molecule has 11 amide bonds. The number of alkyl halides is 10. The van der Waals surface area contributed by atoms with Crippen molar-refractivity contribution < 1.29 is 129 Å². The number of amides is 11. The molecule has 44 heteroatoms. The van der Waals surface area contributed by atoms with Crippen molar-refractivity contribution in [3.05, 3.63) is 178 Å². The van der Waals surface area contributed by atoms with Gasteiger partial charge in [0.1, 0.15) is 81.3 Å². The lowest BCUT2D eigenvalue weighted by Gasteiger charge is -2.42. The number of ether oxygens (including phenoxy) is 7. The number of hydrogen-bond donors (Lipinski definition) is 2. The van der Waals surface area contributed by atoms with Gasteiger partial charge in [-0.2, -0.15) is 54.5 Å². The van der Waals surface area contributed by atoms with E-state index < -0.39 is 105 Å². The standard InChI is InChI=1S/C38H47F3N6O7.C32H36F3N5O6.C20H18ClF3N2O2.C13H20N2O4/c1-35(2,3)26-9-7-8-10-28(26)52-29-12-11-25(23-27(29)38(39,40)41)31-42-30(54-43-31)24-46-32(48)37(13-15-45(16-14-37)34(50)53-36(4,5)6)47(33(46)49)18-17-44-19-21-51-22-20-44;1-29(2,3)20-9-7-8-10-22(20)44-23-12-11-19(17-21(23)32(33,34)35)25-36-24(46-38-25)18-40-26(41)31(37-27(40)42)13-15-39(16-14-31)28(43)45-30(4,5)6;1-19(2,3)13-6-4-5-7-15(13)27-16-9-8-12(10-14(16)20(22,23)24)18-25-17(11-21)28-26-18;1-12(2,3)19-11(18)15-6-4-13(5-7-15)8-9(16)14-10(13)17/h7-12,23H,13-22,24H2,1-6H3;7-12,17H,13-16,18H2,1-6H3,(H,37,42);4-10H,11H2,1-3H3;4-8H2,1-3H3,(H,14,16,17). The molecule has 0 unspecified atom stereocenters. The van der Waals surface area contributed by atoms with E-state index in [9.17, 15) is 82.7 Å². The average Bonchev–Trinajstić information content (AvgIpc) is 1.58. The van der Waals surface area contributed by atoms with Crippen molar-refractivity contribution in [2.75, 3.05) is 78.7 Å². The number of morpholine rings is 1. The zero-order valence-corrected chi connectivity index (χ0v) is 85.8. The van der Waals surface area contributed by atoms with Crippen LogP contribution in [-0.4, -0.2) is 225 Å². The molecule has 16 rings (SSSR count). The summed E-state index contributed by atoms with van der Waals surface area (Å²) in [5.41, 5.74) is -6.51. The van der Waals surface area contributed by atoms with Gasteiger partial charge in [0.2, 0.25) is 47.0 Å². The number of piperidine rings is 3. The number of benzene rings is 6. The molecule has 3 spiro atoms. The molecule has 34 nitrogen and oxygen atoms in total. The van der Waals surface area contributed by atoms with Gasteiger partial charge in [-0.15, -0.1) is 11.6 Å². The van der Waals surface area contributed by atoms with Crippen molar-refractivity contribution in [3.63, 3.8) is 0 Å². The van der Waals surface area contributed by atoms with E-state index in [2.05, 4.69) is 46.0 Å². The van der Waals surface area contributed by atoms with Gasteiger partial charge in [-0.25, -0.2) is 24.0 Å². The molecule has 0 bridgehead atoms. The molecule has 10 heterocycles. The average molecular weight is 2080 g/mol. The lowest BCUT2D eigenvalue weighted by atomic mass is 9.77. The minimum Gasteiger partial charge on any atom is -0.456 e. The van der Waals surface area contributed by atoms with Crippen molar-refractivity contribution in [3.8, 4) is 68.7 Å². The van der Waals surface area contributed by atoms with Gasteiger partial charge >= 0.3 is 48.9 Å². The Morgan fingerprint density at radius 3 is 1.09 bits per heavy atom. The SMILES string of the molecule is CC(C)(C)OC(=O)N1CCC2(CC1)C(=O)N(Cc1nc(-c3ccc(Oc4ccccc4C(C)(C)C)c(C(F)(F)F)c3)no1)C(=O)N2CCN1CCOCC1.CC(C)(C)OC(=O)N1CCC2(CC1)CC(=O)NC2=O.CC(C)(C)OC(=O)N1CCC2(CC1)NC(=O)N(Cc1nc(-c3ccc(Oc4ccccc4C(C)(C)C)c(C(F)(F)F)c3)no1)C2=O.CC(C)(C)c1ccccc1Oc1ccc(-c2noc(CCl)n2)cc1C(F)(F)F. The topological polar surface area (TPSA) is 382 Å². The van der Waals surface area contributed by atoms with E-state index in [1.807, 2.05) is 101 Å². The normalized spacial score (nSPS) is 17.4. The molecule has 7 aliphatic rings. The fourth-order valence-electron chi connectivity index (χ4n) is 17.7. The summed E-state index contributed by atoms with van der Waals surface area (Å²) < 4.78 is 181. The molecule has 2 N–H and O–H groups in total. The van der Waals surface area contributed by atoms with E-state index in [-0.39, 0.29) is 187 Å². The summed E-state index contributed by atoms with van der Waals surface area (Å²) in [6.45, 7) is 37.8. The zero-order chi connectivity index (χ0) is 107. The maximum atomic E-state index is 14.4. The van der Waals surface area contributed by atoms with Gasteiger partial charge in [-0.1, -0.05) is 132 Å². The number of imide groups is 3. The van der Waals surface area contributed by atoms with Crippen LogP contribution < -0.4 is 24.8 Å². The van der Waals surface area contributed by atoms with Gasteiger partial charge in [0.25, 0.3) is 11.8 Å². The van der Waals surface area contributed by atoms with Gasteiger partial charge in [0.15, 0.2) is 0 Å². The molecule has 0 atom stereocenters. The van der Waals surface area contributed by atoms with Gasteiger partial charge in [0, 0.05) is 105 Å². The molecule has 0 saturated carbocycles. The van der Waals surface area contributed by atoms with E-state index >= 15 is 0 Å². The smallest absolute Gasteiger partial charge is 0.420 e. The van der Waals surface area contributed by atoms with Crippen LogP contribution in [0.5, 0.6) is 34.5 Å². The first kappa shape index (κ1) is 111. The second-order valence-corrected chi connectivity index (χ2v) is 43.1. The van der Waals surface area contributed by atoms with Crippen molar-refractivity contribution in [1.29, 1.82) is 0 Å². The minimum atomic E-state index is -4.78. The first-order valence-electron chi connectivity index (χ1n) is 47.9. The molecular formula is C103H121ClF9N15O19. The van der Waals surface area contributed by atoms with E-state index in [0.717, 1.165) is 44.7 Å². The third-order valence-electron chi connectivity index (χ3n) is 25.2. The fourth-order valence-corrected chi connectivity index (χ4v) is 17.8. The highest BCUT2D eigenvalue weighted by Crippen LogP contribution is 2.49. The molecule has 147 heavy (non-hydrogen) atoms. The van der Waals surface area contributed by atoms with Crippen LogP contribution in [0, 0.1) is 5.41 Å². The number of aromatic nitrogens is 6. The summed E-state index contributed by atoms with van der Waals surface area (Å²) in [6.07, 6.45) is -13.5. The number of para-hydroxylation sites is 3. The summed E-state index contributed by atoms with van der Waals surface area (Å²) in [6, 6.07) is 30.2. The second-order valence-electron chi connectivity index (χ2n) is 42.8. The van der Waals surface area contributed by atoms with E-state index in [1.54, 1.807) is 106 Å². The number of carbonyl (C=O) groups is 9. The predicted molar refractivity (Wildman–Crippen MR) is 515 cm³/mol. The molecule has 0 radical (unpaired) electrons. The molecular weight excluding hydrogens is 1960 g/mol. The Hall–Kier alpha value is -13.5. The molecule has 0 aliphatic carbocycles. The highest BCUT2D eigenvalue weighted by atomic mass is 35.5. The summed E-state index contributed by atoms with van der Waals surface area (Å²) in [5.74, 6) is -1.93. The quantitative estimate of drug-likeness (QED) is 0.0281. The van der Waals surface area contributed by atoms with Crippen LogP contribution in [0.3, 0.4) is 0 Å². The summed E-state index contributed by atoms with van der Waals surface area (Å²) in [4.78, 5) is 138. The number of carbonyl (C=O) groups excluding carboxylic acids is 9. The Morgan fingerprint density at radius 2 is 0.748 bits per heavy atom. The maximum absolute atomic E-state index is 14.4. The molecule has 7 saturated heterocycles. The van der Waals surface area contributed by atoms with Gasteiger partial charge in [-0.3, -0.25) is 39.2 Å². The Morgan fingerprint density at radius 1 is 0.408 bits per heavy atom. The zero-order valence-electron chi connectivity index (χ0n) is 85.0. The number of nitrogens with zero attached hydrogens (tertiary/aromatic N) is 13. The van der Waals surface area contributed by atoms with Crippen LogP contribution in [0.2, 0.25) is 0 Å². The van der Waals surface area contributed by atoms with Crippen LogP contribution >= 0.6 is 11.6 Å². The monoisotopic (exact) mass is 2080 g/mol. The molecule has 7 aliphatic heterocycles. The largest absolute Gasteiger partial charge is 0.456 e. The molecule has 9 aromatic rings. The molecule has 7 fully saturated rings. The number of halogens is 10. The predicted octanol–water partition coefficient (Wildman–Crippen LogP) is 21.0. The van der Waals surface area contributed by atoms with Crippen LogP contribution in [-0.2, 0) is 91.9 Å². The third kappa shape index (κ3) is 26.9. The van der Waals surface area contributed by atoms with E-state index in [1.165, 1.54) is 46.2 Å². The first-order valence-corrected chi connectivity index (χ1v) is 48.4. The van der Waals surface area contributed by atoms with Crippen LogP contribution in [0.25, 0.3) is 34.2 Å². The second kappa shape index (κ2) is 43.2. The lowest BCUT2D eigenvalue weighted by Crippen LogP contribution is -2.58. The van der Waals surface area contributed by atoms with Crippen LogP contribution in [0.4, 0.5) is 63.5 Å².